The quantitative estimate of drug-likeness (QED) is 0.734. The van der Waals surface area contributed by atoms with Crippen molar-refractivity contribution in [3.05, 3.63) is 12.1 Å². The summed E-state index contributed by atoms with van der Waals surface area (Å²) in [6.45, 7) is 1.49. The molecule has 3 rings (SSSR count). The minimum absolute atomic E-state index is 0.0978. The lowest BCUT2D eigenvalue weighted by molar-refractivity contribution is -0.114. The summed E-state index contributed by atoms with van der Waals surface area (Å²) in [5.41, 5.74) is 1.91. The first kappa shape index (κ1) is 11.9. The van der Waals surface area contributed by atoms with Gasteiger partial charge < -0.3 is 5.32 Å². The first-order chi connectivity index (χ1) is 8.67. The molecule has 0 radical (unpaired) electrons. The third-order valence-corrected chi connectivity index (χ3v) is 5.56. The number of thiazole rings is 2. The Labute approximate surface area is 115 Å². The van der Waals surface area contributed by atoms with Gasteiger partial charge in [-0.15, -0.1) is 11.3 Å². The maximum absolute atomic E-state index is 11.0. The first-order valence-electron chi connectivity index (χ1n) is 5.19. The van der Waals surface area contributed by atoms with Crippen LogP contribution in [0.2, 0.25) is 0 Å². The molecule has 1 aromatic carbocycles. The van der Waals surface area contributed by atoms with E-state index in [1.807, 2.05) is 18.4 Å². The van der Waals surface area contributed by atoms with E-state index in [4.69, 9.17) is 0 Å². The zero-order chi connectivity index (χ0) is 12.7. The van der Waals surface area contributed by atoms with Crippen LogP contribution >= 0.6 is 34.4 Å². The molecule has 18 heavy (non-hydrogen) atoms. The summed E-state index contributed by atoms with van der Waals surface area (Å²) in [6.07, 6.45) is 2.02. The molecule has 2 aromatic heterocycles. The Kier molecular flexibility index (Phi) is 2.96. The van der Waals surface area contributed by atoms with Crippen molar-refractivity contribution in [2.24, 2.45) is 0 Å². The number of aromatic nitrogens is 2. The van der Waals surface area contributed by atoms with Crippen molar-refractivity contribution in [1.82, 2.24) is 9.97 Å². The predicted octanol–water partition coefficient (Wildman–Crippen LogP) is 3.59. The first-order valence-corrected chi connectivity index (χ1v) is 8.05. The summed E-state index contributed by atoms with van der Waals surface area (Å²) in [5.74, 6) is -0.0978. The molecular formula is C11H9N3OS3. The van der Waals surface area contributed by atoms with Crippen LogP contribution in [0.5, 0.6) is 0 Å². The molecule has 3 aromatic rings. The normalized spacial score (nSPS) is 11.2. The number of hydrogen-bond donors (Lipinski definition) is 1. The Morgan fingerprint density at radius 1 is 1.22 bits per heavy atom. The zero-order valence-electron chi connectivity index (χ0n) is 9.68. The Hall–Kier alpha value is -1.18. The fraction of sp³-hybridized carbons (Fsp3) is 0.182. The van der Waals surface area contributed by atoms with Gasteiger partial charge in [0.05, 0.1) is 20.4 Å². The third-order valence-electron chi connectivity index (χ3n) is 2.35. The number of amides is 1. The number of benzene rings is 1. The number of carbonyl (C=O) groups excluding carboxylic acids is 1. The molecule has 0 bridgehead atoms. The summed E-state index contributed by atoms with van der Waals surface area (Å²) in [6, 6.07) is 3.93. The number of carbonyl (C=O) groups is 1. The molecule has 7 heteroatoms. The van der Waals surface area contributed by atoms with Gasteiger partial charge in [-0.1, -0.05) is 23.1 Å². The predicted molar refractivity (Wildman–Crippen MR) is 78.9 cm³/mol. The van der Waals surface area contributed by atoms with Gasteiger partial charge in [-0.2, -0.15) is 0 Å². The third kappa shape index (κ3) is 1.98. The number of rotatable bonds is 2. The molecule has 92 valence electrons. The topological polar surface area (TPSA) is 54.9 Å². The molecule has 1 N–H and O–H groups in total. The molecule has 0 aliphatic rings. The molecule has 2 heterocycles. The van der Waals surface area contributed by atoms with E-state index in [9.17, 15) is 4.79 Å². The van der Waals surface area contributed by atoms with Gasteiger partial charge in [-0.25, -0.2) is 9.97 Å². The van der Waals surface area contributed by atoms with Crippen molar-refractivity contribution in [2.45, 2.75) is 11.3 Å². The number of hydrogen-bond acceptors (Lipinski definition) is 6. The second-order valence-corrected chi connectivity index (χ2v) is 6.70. The number of fused-ring (bicyclic) bond motifs is 3. The van der Waals surface area contributed by atoms with Crippen LogP contribution in [0.25, 0.3) is 20.4 Å². The van der Waals surface area contributed by atoms with E-state index in [-0.39, 0.29) is 5.91 Å². The van der Waals surface area contributed by atoms with E-state index in [1.54, 1.807) is 23.1 Å². The molecule has 0 aliphatic carbocycles. The average Bonchev–Trinajstić information content (AvgIpc) is 2.89. The summed E-state index contributed by atoms with van der Waals surface area (Å²) in [5, 5.41) is 3.37. The van der Waals surface area contributed by atoms with Gasteiger partial charge in [0.2, 0.25) is 5.91 Å². The Balaban J connectivity index is 2.22. The number of anilines is 1. The second-order valence-electron chi connectivity index (χ2n) is 3.65. The molecule has 0 fully saturated rings. The summed E-state index contributed by atoms with van der Waals surface area (Å²) in [4.78, 5) is 20.0. The maximum atomic E-state index is 11.0. The van der Waals surface area contributed by atoms with Gasteiger partial charge in [-0.3, -0.25) is 4.79 Å². The van der Waals surface area contributed by atoms with Crippen LogP contribution in [0, 0.1) is 0 Å². The summed E-state index contributed by atoms with van der Waals surface area (Å²) >= 11 is 4.81. The van der Waals surface area contributed by atoms with E-state index < -0.39 is 0 Å². The molecule has 0 saturated heterocycles. The fourth-order valence-corrected chi connectivity index (χ4v) is 4.35. The molecule has 0 spiro atoms. The van der Waals surface area contributed by atoms with Gasteiger partial charge in [0, 0.05) is 6.92 Å². The lowest BCUT2D eigenvalue weighted by atomic mass is 10.3. The zero-order valence-corrected chi connectivity index (χ0v) is 12.1. The molecule has 4 nitrogen and oxygen atoms in total. The van der Waals surface area contributed by atoms with Crippen molar-refractivity contribution in [2.75, 3.05) is 11.6 Å². The highest BCUT2D eigenvalue weighted by molar-refractivity contribution is 8.00. The van der Waals surface area contributed by atoms with Crippen LogP contribution < -0.4 is 5.32 Å². The van der Waals surface area contributed by atoms with Gasteiger partial charge in [-0.05, 0) is 18.4 Å². The van der Waals surface area contributed by atoms with Crippen LogP contribution in [-0.2, 0) is 4.79 Å². The van der Waals surface area contributed by atoms with Gasteiger partial charge >= 0.3 is 0 Å². The van der Waals surface area contributed by atoms with Crippen LogP contribution in [0.15, 0.2) is 16.5 Å². The molecule has 1 amide bonds. The van der Waals surface area contributed by atoms with Crippen LogP contribution in [0.1, 0.15) is 6.92 Å². The second kappa shape index (κ2) is 4.49. The molecule has 0 unspecified atom stereocenters. The van der Waals surface area contributed by atoms with Crippen LogP contribution in [0.4, 0.5) is 5.13 Å². The largest absolute Gasteiger partial charge is 0.302 e. The van der Waals surface area contributed by atoms with Crippen LogP contribution in [0.3, 0.4) is 0 Å². The van der Waals surface area contributed by atoms with Crippen molar-refractivity contribution in [3.63, 3.8) is 0 Å². The highest BCUT2D eigenvalue weighted by Gasteiger charge is 2.12. The lowest BCUT2D eigenvalue weighted by Crippen LogP contribution is -2.04. The van der Waals surface area contributed by atoms with Gasteiger partial charge in [0.1, 0.15) is 0 Å². The van der Waals surface area contributed by atoms with E-state index in [1.165, 1.54) is 18.3 Å². The SMILES string of the molecule is CSc1nc2ccc3nc(NC(C)=O)sc3c2s1. The average molecular weight is 295 g/mol. The van der Waals surface area contributed by atoms with E-state index in [2.05, 4.69) is 15.3 Å². The van der Waals surface area contributed by atoms with Crippen molar-refractivity contribution >= 4 is 65.9 Å². The minimum Gasteiger partial charge on any atom is -0.302 e. The van der Waals surface area contributed by atoms with Crippen LogP contribution in [-0.4, -0.2) is 22.1 Å². The molecule has 0 aliphatic heterocycles. The standard InChI is InChI=1S/C11H9N3OS3/c1-5(15)12-10-13-6-3-4-7-9(8(6)17-10)18-11(14-7)16-2/h3-4H,1-2H3,(H,12,13,15). The van der Waals surface area contributed by atoms with E-state index in [0.29, 0.717) is 5.13 Å². The van der Waals surface area contributed by atoms with Crippen molar-refractivity contribution < 1.29 is 4.79 Å². The van der Waals surface area contributed by atoms with Crippen molar-refractivity contribution in [3.8, 4) is 0 Å². The lowest BCUT2D eigenvalue weighted by Gasteiger charge is -1.91. The smallest absolute Gasteiger partial charge is 0.223 e. The van der Waals surface area contributed by atoms with Gasteiger partial charge in [0.25, 0.3) is 0 Å². The highest BCUT2D eigenvalue weighted by Crippen LogP contribution is 2.37. The Bertz CT molecular complexity index is 746. The maximum Gasteiger partial charge on any atom is 0.223 e. The number of thioether (sulfide) groups is 1. The molecular weight excluding hydrogens is 286 g/mol. The van der Waals surface area contributed by atoms with Crippen molar-refractivity contribution in [1.29, 1.82) is 0 Å². The fourth-order valence-electron chi connectivity index (χ4n) is 1.64. The molecule has 0 atom stereocenters. The van der Waals surface area contributed by atoms with E-state index in [0.717, 1.165) is 24.8 Å². The Morgan fingerprint density at radius 2 is 1.89 bits per heavy atom. The Morgan fingerprint density at radius 3 is 2.56 bits per heavy atom. The monoisotopic (exact) mass is 295 g/mol. The highest BCUT2D eigenvalue weighted by atomic mass is 32.2. The van der Waals surface area contributed by atoms with Gasteiger partial charge in [0.15, 0.2) is 9.47 Å². The van der Waals surface area contributed by atoms with E-state index >= 15 is 0 Å². The minimum atomic E-state index is -0.0978. The number of nitrogens with one attached hydrogen (secondary N) is 1. The summed E-state index contributed by atoms with van der Waals surface area (Å²) in [7, 11) is 0. The molecule has 0 saturated carbocycles. The number of nitrogens with zero attached hydrogens (tertiary/aromatic N) is 2. The summed E-state index contributed by atoms with van der Waals surface area (Å²) < 4.78 is 3.28.